The van der Waals surface area contributed by atoms with E-state index in [1.165, 1.54) is 0 Å². The van der Waals surface area contributed by atoms with Crippen LogP contribution in [0.15, 0.2) is 45.3 Å². The third-order valence-electron chi connectivity index (χ3n) is 2.46. The zero-order valence-electron chi connectivity index (χ0n) is 9.66. The van der Waals surface area contributed by atoms with Crippen molar-refractivity contribution in [3.05, 3.63) is 61.5 Å². The van der Waals surface area contributed by atoms with Crippen molar-refractivity contribution in [2.24, 2.45) is 0 Å². The van der Waals surface area contributed by atoms with Crippen LogP contribution in [-0.2, 0) is 6.61 Å². The van der Waals surface area contributed by atoms with Crippen LogP contribution in [-0.4, -0.2) is 0 Å². The van der Waals surface area contributed by atoms with Crippen LogP contribution >= 0.6 is 43.5 Å². The highest BCUT2D eigenvalue weighted by Crippen LogP contribution is 2.26. The fraction of sp³-hybridized carbons (Fsp3) is 0.0714. The molecule has 0 aliphatic heterocycles. The van der Waals surface area contributed by atoms with Crippen LogP contribution in [0.4, 0.5) is 0 Å². The molecule has 0 saturated heterocycles. The van der Waals surface area contributed by atoms with Gasteiger partial charge in [-0.05, 0) is 30.3 Å². The lowest BCUT2D eigenvalue weighted by atomic mass is 10.2. The Morgan fingerprint density at radius 1 is 1.11 bits per heavy atom. The topological polar surface area (TPSA) is 33.0 Å². The monoisotopic (exact) mass is 399 g/mol. The van der Waals surface area contributed by atoms with Gasteiger partial charge < -0.3 is 4.74 Å². The molecule has 0 unspecified atom stereocenters. The Hall–Kier alpha value is -1.02. The van der Waals surface area contributed by atoms with Gasteiger partial charge in [0.2, 0.25) is 0 Å². The highest BCUT2D eigenvalue weighted by atomic mass is 79.9. The summed E-state index contributed by atoms with van der Waals surface area (Å²) in [7, 11) is 0. The quantitative estimate of drug-likeness (QED) is 0.698. The van der Waals surface area contributed by atoms with Gasteiger partial charge >= 0.3 is 0 Å². The minimum absolute atomic E-state index is 0.322. The number of nitriles is 1. The van der Waals surface area contributed by atoms with E-state index >= 15 is 0 Å². The number of rotatable bonds is 3. The van der Waals surface area contributed by atoms with Crippen molar-refractivity contribution in [2.75, 3.05) is 0 Å². The molecule has 19 heavy (non-hydrogen) atoms. The van der Waals surface area contributed by atoms with Gasteiger partial charge in [-0.1, -0.05) is 49.5 Å². The fourth-order valence-corrected chi connectivity index (χ4v) is 2.60. The minimum atomic E-state index is 0.322. The van der Waals surface area contributed by atoms with Crippen molar-refractivity contribution in [2.45, 2.75) is 6.61 Å². The van der Waals surface area contributed by atoms with E-state index in [4.69, 9.17) is 21.6 Å². The van der Waals surface area contributed by atoms with Gasteiger partial charge in [0.05, 0.1) is 5.56 Å². The fourth-order valence-electron chi connectivity index (χ4n) is 1.51. The van der Waals surface area contributed by atoms with Crippen molar-refractivity contribution in [1.29, 1.82) is 5.26 Å². The zero-order chi connectivity index (χ0) is 13.8. The number of hydrogen-bond donors (Lipinski definition) is 0. The molecule has 0 heterocycles. The first-order valence-electron chi connectivity index (χ1n) is 5.36. The molecular formula is C14H8Br2ClNO. The van der Waals surface area contributed by atoms with Crippen LogP contribution < -0.4 is 4.74 Å². The van der Waals surface area contributed by atoms with Gasteiger partial charge in [0.25, 0.3) is 0 Å². The van der Waals surface area contributed by atoms with Crippen LogP contribution in [0.3, 0.4) is 0 Å². The van der Waals surface area contributed by atoms with Gasteiger partial charge in [-0.2, -0.15) is 5.26 Å². The molecule has 0 bridgehead atoms. The predicted molar refractivity (Wildman–Crippen MR) is 82.3 cm³/mol. The van der Waals surface area contributed by atoms with Crippen molar-refractivity contribution in [1.82, 2.24) is 0 Å². The summed E-state index contributed by atoms with van der Waals surface area (Å²) in [6, 6.07) is 13.0. The average Bonchev–Trinajstić information content (AvgIpc) is 2.39. The molecule has 2 aromatic carbocycles. The van der Waals surface area contributed by atoms with Gasteiger partial charge in [-0.15, -0.1) is 0 Å². The largest absolute Gasteiger partial charge is 0.487 e. The van der Waals surface area contributed by atoms with Crippen LogP contribution in [0.25, 0.3) is 0 Å². The van der Waals surface area contributed by atoms with Gasteiger partial charge in [-0.3, -0.25) is 0 Å². The normalized spacial score (nSPS) is 10.0. The predicted octanol–water partition coefficient (Wildman–Crippen LogP) is 5.32. The minimum Gasteiger partial charge on any atom is -0.487 e. The molecule has 0 aromatic heterocycles. The summed E-state index contributed by atoms with van der Waals surface area (Å²) in [4.78, 5) is 0. The Labute approximate surface area is 133 Å². The Kier molecular flexibility index (Phi) is 4.87. The van der Waals surface area contributed by atoms with Crippen LogP contribution in [0.5, 0.6) is 5.75 Å². The maximum Gasteiger partial charge on any atom is 0.137 e. The molecule has 0 fully saturated rings. The highest BCUT2D eigenvalue weighted by molar-refractivity contribution is 9.10. The maximum absolute atomic E-state index is 9.05. The van der Waals surface area contributed by atoms with E-state index in [0.717, 1.165) is 14.5 Å². The molecule has 0 atom stereocenters. The third-order valence-corrected chi connectivity index (χ3v) is 3.80. The Balaban J connectivity index is 2.17. The van der Waals surface area contributed by atoms with E-state index in [2.05, 4.69) is 37.9 Å². The zero-order valence-corrected chi connectivity index (χ0v) is 13.6. The Morgan fingerprint density at radius 3 is 2.47 bits per heavy atom. The number of benzene rings is 2. The first-order chi connectivity index (χ1) is 9.10. The summed E-state index contributed by atoms with van der Waals surface area (Å²) < 4.78 is 7.41. The molecule has 0 saturated carbocycles. The van der Waals surface area contributed by atoms with Crippen LogP contribution in [0.1, 0.15) is 11.1 Å². The molecule has 2 rings (SSSR count). The molecule has 2 aromatic rings. The molecule has 0 radical (unpaired) electrons. The molecular weight excluding hydrogens is 393 g/mol. The first-order valence-corrected chi connectivity index (χ1v) is 7.33. The second-order valence-corrected chi connectivity index (χ2v) is 6.02. The number of nitrogens with zero attached hydrogens (tertiary/aromatic N) is 1. The summed E-state index contributed by atoms with van der Waals surface area (Å²) in [5, 5.41) is 9.68. The van der Waals surface area contributed by atoms with Crippen molar-refractivity contribution in [3.63, 3.8) is 0 Å². The van der Waals surface area contributed by atoms with Crippen molar-refractivity contribution in [3.8, 4) is 11.8 Å². The Morgan fingerprint density at radius 2 is 1.79 bits per heavy atom. The third kappa shape index (κ3) is 3.73. The lowest BCUT2D eigenvalue weighted by Crippen LogP contribution is -1.98. The molecule has 0 aliphatic rings. The van der Waals surface area contributed by atoms with E-state index in [0.29, 0.717) is 22.9 Å². The van der Waals surface area contributed by atoms with Gasteiger partial charge in [0.15, 0.2) is 0 Å². The smallest absolute Gasteiger partial charge is 0.137 e. The Bertz CT molecular complexity index is 652. The molecule has 0 N–H and O–H groups in total. The number of hydrogen-bond acceptors (Lipinski definition) is 2. The molecule has 96 valence electrons. The molecule has 0 amide bonds. The van der Waals surface area contributed by atoms with Crippen LogP contribution in [0, 0.1) is 11.3 Å². The standard InChI is InChI=1S/C14H8Br2ClNO/c15-11-3-4-14(10(5-11)7-18)19-8-9-1-2-12(16)6-13(9)17/h1-6H,8H2. The van der Waals surface area contributed by atoms with E-state index in [9.17, 15) is 0 Å². The van der Waals surface area contributed by atoms with Gasteiger partial charge in [-0.25, -0.2) is 0 Å². The van der Waals surface area contributed by atoms with Crippen LogP contribution in [0.2, 0.25) is 5.02 Å². The molecule has 2 nitrogen and oxygen atoms in total. The maximum atomic E-state index is 9.05. The lowest BCUT2D eigenvalue weighted by Gasteiger charge is -2.09. The summed E-state index contributed by atoms with van der Waals surface area (Å²) in [6.45, 7) is 0.322. The summed E-state index contributed by atoms with van der Waals surface area (Å²) >= 11 is 12.8. The number of halogens is 3. The summed E-state index contributed by atoms with van der Waals surface area (Å²) in [5.41, 5.74) is 1.36. The van der Waals surface area contributed by atoms with Crippen molar-refractivity contribution < 1.29 is 4.74 Å². The highest BCUT2D eigenvalue weighted by Gasteiger charge is 2.06. The first kappa shape index (κ1) is 14.4. The van der Waals surface area contributed by atoms with Crippen molar-refractivity contribution >= 4 is 43.5 Å². The molecule has 0 spiro atoms. The number of ether oxygens (including phenoxy) is 1. The second-order valence-electron chi connectivity index (χ2n) is 3.78. The molecule has 5 heteroatoms. The average molecular weight is 401 g/mol. The van der Waals surface area contributed by atoms with Gasteiger partial charge in [0.1, 0.15) is 18.4 Å². The van der Waals surface area contributed by atoms with E-state index in [1.807, 2.05) is 24.3 Å². The second kappa shape index (κ2) is 6.42. The van der Waals surface area contributed by atoms with Gasteiger partial charge in [0, 0.05) is 19.5 Å². The van der Waals surface area contributed by atoms with E-state index in [-0.39, 0.29) is 0 Å². The van der Waals surface area contributed by atoms with E-state index < -0.39 is 0 Å². The van der Waals surface area contributed by atoms with E-state index in [1.54, 1.807) is 12.1 Å². The summed E-state index contributed by atoms with van der Waals surface area (Å²) in [6.07, 6.45) is 0. The lowest BCUT2D eigenvalue weighted by molar-refractivity contribution is 0.305. The summed E-state index contributed by atoms with van der Waals surface area (Å²) in [5.74, 6) is 0.546. The molecule has 0 aliphatic carbocycles. The SMILES string of the molecule is N#Cc1cc(Br)ccc1OCc1ccc(Br)cc1Cl.